The van der Waals surface area contributed by atoms with E-state index in [2.05, 4.69) is 0 Å². The number of carbonyl (C=O) groups excluding carboxylic acids is 1. The first-order valence-electron chi connectivity index (χ1n) is 8.47. The van der Waals surface area contributed by atoms with E-state index < -0.39 is 5.97 Å². The van der Waals surface area contributed by atoms with Gasteiger partial charge in [0, 0.05) is 13.6 Å². The van der Waals surface area contributed by atoms with Crippen LogP contribution in [0, 0.1) is 0 Å². The Labute approximate surface area is 154 Å². The molecule has 2 aromatic heterocycles. The van der Waals surface area contributed by atoms with Crippen LogP contribution < -0.4 is 11.2 Å². The maximum absolute atomic E-state index is 12.6. The molecule has 0 aliphatic carbocycles. The molecule has 0 aliphatic heterocycles. The van der Waals surface area contributed by atoms with E-state index in [1.807, 2.05) is 37.3 Å². The molecule has 136 valence electrons. The summed E-state index contributed by atoms with van der Waals surface area (Å²) in [5, 5.41) is 0.375. The number of hydrogen-bond acceptors (Lipinski definition) is 5. The Hall–Kier alpha value is -2.67. The van der Waals surface area contributed by atoms with Crippen molar-refractivity contribution in [3.8, 4) is 0 Å². The quantitative estimate of drug-likeness (QED) is 0.624. The number of carbonyl (C=O) groups is 1. The van der Waals surface area contributed by atoms with E-state index in [4.69, 9.17) is 4.74 Å². The average Bonchev–Trinajstić information content (AvgIpc) is 3.11. The summed E-state index contributed by atoms with van der Waals surface area (Å²) in [5.74, 6) is -0.498. The summed E-state index contributed by atoms with van der Waals surface area (Å²) in [6.45, 7) is 2.54. The minimum atomic E-state index is -0.498. The number of esters is 1. The first-order chi connectivity index (χ1) is 12.5. The Balaban J connectivity index is 1.92. The largest absolute Gasteiger partial charge is 0.457 e. The van der Waals surface area contributed by atoms with Crippen LogP contribution in [0.25, 0.3) is 10.2 Å². The van der Waals surface area contributed by atoms with Crippen LogP contribution in [0.4, 0.5) is 0 Å². The molecule has 3 aromatic rings. The number of fused-ring (bicyclic) bond motifs is 1. The molecule has 0 N–H and O–H groups in total. The van der Waals surface area contributed by atoms with Crippen molar-refractivity contribution < 1.29 is 9.53 Å². The van der Waals surface area contributed by atoms with Crippen LogP contribution >= 0.6 is 11.3 Å². The first kappa shape index (κ1) is 18.1. The zero-order valence-electron chi connectivity index (χ0n) is 14.7. The molecule has 0 unspecified atom stereocenters. The molecule has 0 aliphatic rings. The van der Waals surface area contributed by atoms with Gasteiger partial charge in [0.2, 0.25) is 0 Å². The minimum Gasteiger partial charge on any atom is -0.457 e. The van der Waals surface area contributed by atoms with Crippen molar-refractivity contribution in [2.24, 2.45) is 7.05 Å². The average molecular weight is 372 g/mol. The van der Waals surface area contributed by atoms with E-state index in [0.717, 1.165) is 29.7 Å². The molecule has 26 heavy (non-hydrogen) atoms. The van der Waals surface area contributed by atoms with Crippen LogP contribution in [0.1, 0.15) is 35.0 Å². The SMILES string of the molecule is CCCCn1c(=O)c2cc(C(=O)OCc3ccccc3)sc2n(C)c1=O. The van der Waals surface area contributed by atoms with Crippen molar-refractivity contribution in [3.05, 3.63) is 67.7 Å². The zero-order chi connectivity index (χ0) is 18.7. The number of hydrogen-bond donors (Lipinski definition) is 0. The Bertz CT molecular complexity index is 1050. The van der Waals surface area contributed by atoms with Gasteiger partial charge < -0.3 is 4.74 Å². The van der Waals surface area contributed by atoms with Crippen LogP contribution in [-0.4, -0.2) is 15.1 Å². The van der Waals surface area contributed by atoms with E-state index in [1.165, 1.54) is 15.2 Å². The summed E-state index contributed by atoms with van der Waals surface area (Å²) in [6.07, 6.45) is 1.63. The van der Waals surface area contributed by atoms with E-state index in [9.17, 15) is 14.4 Å². The highest BCUT2D eigenvalue weighted by molar-refractivity contribution is 7.20. The van der Waals surface area contributed by atoms with Crippen LogP contribution in [0.15, 0.2) is 46.0 Å². The molecule has 1 aromatic carbocycles. The number of aromatic nitrogens is 2. The molecule has 0 radical (unpaired) electrons. The summed E-state index contributed by atoms with van der Waals surface area (Å²) in [5.41, 5.74) is 0.174. The lowest BCUT2D eigenvalue weighted by Crippen LogP contribution is -2.38. The second-order valence-corrected chi connectivity index (χ2v) is 7.07. The molecule has 3 rings (SSSR count). The number of rotatable bonds is 6. The molecule has 0 saturated heterocycles. The van der Waals surface area contributed by atoms with Crippen molar-refractivity contribution in [3.63, 3.8) is 0 Å². The molecule has 6 nitrogen and oxygen atoms in total. The first-order valence-corrected chi connectivity index (χ1v) is 9.29. The fourth-order valence-electron chi connectivity index (χ4n) is 2.69. The molecule has 7 heteroatoms. The fraction of sp³-hybridized carbons (Fsp3) is 0.316. The van der Waals surface area contributed by atoms with Gasteiger partial charge in [-0.15, -0.1) is 11.3 Å². The van der Waals surface area contributed by atoms with Crippen molar-refractivity contribution >= 4 is 27.5 Å². The van der Waals surface area contributed by atoms with Gasteiger partial charge in [-0.25, -0.2) is 9.59 Å². The van der Waals surface area contributed by atoms with Crippen molar-refractivity contribution in [2.45, 2.75) is 32.9 Å². The third-order valence-electron chi connectivity index (χ3n) is 4.16. The number of benzene rings is 1. The number of nitrogens with zero attached hydrogens (tertiary/aromatic N) is 2. The molecule has 0 atom stereocenters. The molecule has 0 amide bonds. The molecule has 0 bridgehead atoms. The topological polar surface area (TPSA) is 70.3 Å². The second-order valence-electron chi connectivity index (χ2n) is 6.04. The van der Waals surface area contributed by atoms with Gasteiger partial charge >= 0.3 is 11.7 Å². The summed E-state index contributed by atoms with van der Waals surface area (Å²) in [7, 11) is 1.61. The number of thiophene rings is 1. The molecular formula is C19H20N2O4S. The highest BCUT2D eigenvalue weighted by Crippen LogP contribution is 2.23. The lowest BCUT2D eigenvalue weighted by atomic mass is 10.2. The van der Waals surface area contributed by atoms with Crippen LogP contribution in [0.2, 0.25) is 0 Å². The van der Waals surface area contributed by atoms with Crippen LogP contribution in [0.3, 0.4) is 0 Å². The van der Waals surface area contributed by atoms with E-state index >= 15 is 0 Å². The Morgan fingerprint density at radius 3 is 2.62 bits per heavy atom. The van der Waals surface area contributed by atoms with E-state index in [-0.39, 0.29) is 17.9 Å². The predicted molar refractivity (Wildman–Crippen MR) is 102 cm³/mol. The predicted octanol–water partition coefficient (Wildman–Crippen LogP) is 2.92. The smallest absolute Gasteiger partial charge is 0.348 e. The summed E-state index contributed by atoms with van der Waals surface area (Å²) >= 11 is 1.10. The lowest BCUT2D eigenvalue weighted by molar-refractivity contribution is 0.0478. The van der Waals surface area contributed by atoms with Gasteiger partial charge in [-0.3, -0.25) is 13.9 Å². The number of aryl methyl sites for hydroxylation is 1. The third-order valence-corrected chi connectivity index (χ3v) is 5.35. The molecule has 0 spiro atoms. The van der Waals surface area contributed by atoms with Gasteiger partial charge in [-0.1, -0.05) is 43.7 Å². The highest BCUT2D eigenvalue weighted by atomic mass is 32.1. The van der Waals surface area contributed by atoms with Crippen LogP contribution in [-0.2, 0) is 24.9 Å². The molecule has 0 saturated carbocycles. The standard InChI is InChI=1S/C19H20N2O4S/c1-3-4-10-21-16(22)14-11-15(26-17(14)20(2)19(21)24)18(23)25-12-13-8-6-5-7-9-13/h5-9,11H,3-4,10,12H2,1-2H3. The van der Waals surface area contributed by atoms with Gasteiger partial charge in [0.1, 0.15) is 16.3 Å². The van der Waals surface area contributed by atoms with Crippen LogP contribution in [0.5, 0.6) is 0 Å². The maximum atomic E-state index is 12.6. The van der Waals surface area contributed by atoms with E-state index in [1.54, 1.807) is 7.05 Å². The van der Waals surface area contributed by atoms with Gasteiger partial charge in [-0.2, -0.15) is 0 Å². The monoisotopic (exact) mass is 372 g/mol. The number of unbranched alkanes of at least 4 members (excludes halogenated alkanes) is 1. The summed E-state index contributed by atoms with van der Waals surface area (Å²) in [4.78, 5) is 38.2. The summed E-state index contributed by atoms with van der Waals surface area (Å²) in [6, 6.07) is 10.9. The molecule has 2 heterocycles. The van der Waals surface area contributed by atoms with Gasteiger partial charge in [0.25, 0.3) is 5.56 Å². The molecular weight excluding hydrogens is 352 g/mol. The summed E-state index contributed by atoms with van der Waals surface area (Å²) < 4.78 is 7.98. The lowest BCUT2D eigenvalue weighted by Gasteiger charge is -2.07. The Morgan fingerprint density at radius 1 is 1.19 bits per heavy atom. The maximum Gasteiger partial charge on any atom is 0.348 e. The van der Waals surface area contributed by atoms with Gasteiger partial charge in [0.05, 0.1) is 5.39 Å². The fourth-order valence-corrected chi connectivity index (χ4v) is 3.69. The van der Waals surface area contributed by atoms with Gasteiger partial charge in [-0.05, 0) is 18.1 Å². The van der Waals surface area contributed by atoms with E-state index in [0.29, 0.717) is 21.6 Å². The molecule has 0 fully saturated rings. The normalized spacial score (nSPS) is 11.0. The third kappa shape index (κ3) is 3.48. The highest BCUT2D eigenvalue weighted by Gasteiger charge is 2.18. The van der Waals surface area contributed by atoms with Crippen molar-refractivity contribution in [2.75, 3.05) is 0 Å². The Kier molecular flexibility index (Phi) is 5.37. The van der Waals surface area contributed by atoms with Gasteiger partial charge in [0.15, 0.2) is 0 Å². The second kappa shape index (κ2) is 7.70. The number of ether oxygens (including phenoxy) is 1. The van der Waals surface area contributed by atoms with Crippen molar-refractivity contribution in [1.82, 2.24) is 9.13 Å². The zero-order valence-corrected chi connectivity index (χ0v) is 15.5. The Morgan fingerprint density at radius 2 is 1.92 bits per heavy atom. The minimum absolute atomic E-state index is 0.160. The van der Waals surface area contributed by atoms with Crippen molar-refractivity contribution in [1.29, 1.82) is 0 Å².